The summed E-state index contributed by atoms with van der Waals surface area (Å²) in [6.45, 7) is 7.42. The van der Waals surface area contributed by atoms with Crippen molar-refractivity contribution in [2.75, 3.05) is 13.1 Å². The second-order valence-electron chi connectivity index (χ2n) is 6.10. The Labute approximate surface area is 122 Å². The van der Waals surface area contributed by atoms with Crippen LogP contribution in [-0.2, 0) is 0 Å². The number of hydrogen-bond acceptors (Lipinski definition) is 4. The van der Waals surface area contributed by atoms with Crippen molar-refractivity contribution in [1.82, 2.24) is 14.9 Å². The summed E-state index contributed by atoms with van der Waals surface area (Å²) in [5, 5.41) is 0.255. The van der Waals surface area contributed by atoms with Crippen LogP contribution in [0.3, 0.4) is 0 Å². The molecule has 21 heavy (non-hydrogen) atoms. The summed E-state index contributed by atoms with van der Waals surface area (Å²) in [4.78, 5) is 33.1. The Hall–Kier alpha value is -2.11. The highest BCUT2D eigenvalue weighted by Crippen LogP contribution is 2.26. The Morgan fingerprint density at radius 3 is 2.71 bits per heavy atom. The highest BCUT2D eigenvalue weighted by atomic mass is 16.3. The smallest absolute Gasteiger partial charge is 0.262 e. The van der Waals surface area contributed by atoms with Gasteiger partial charge in [0.25, 0.3) is 11.5 Å². The predicted octanol–water partition coefficient (Wildman–Crippen LogP) is 1.94. The Kier molecular flexibility index (Phi) is 3.31. The molecule has 2 atom stereocenters. The van der Waals surface area contributed by atoms with Crippen molar-refractivity contribution in [2.24, 2.45) is 11.8 Å². The number of carbonyl (C=O) groups is 1. The lowest BCUT2D eigenvalue weighted by molar-refractivity contribution is 0.0623. The summed E-state index contributed by atoms with van der Waals surface area (Å²) in [5.74, 6) is 1.24. The highest BCUT2D eigenvalue weighted by Gasteiger charge is 2.30. The summed E-state index contributed by atoms with van der Waals surface area (Å²) in [7, 11) is 0. The fourth-order valence-electron chi connectivity index (χ4n) is 3.30. The Morgan fingerprint density at radius 2 is 2.05 bits per heavy atom. The zero-order chi connectivity index (χ0) is 15.1. The summed E-state index contributed by atoms with van der Waals surface area (Å²) in [6.07, 6.45) is 2.41. The minimum atomic E-state index is -0.335. The largest absolute Gasteiger partial charge is 0.442 e. The number of aromatic nitrogens is 2. The molecule has 112 valence electrons. The molecule has 0 saturated carbocycles. The van der Waals surface area contributed by atoms with Gasteiger partial charge in [0.05, 0.1) is 11.9 Å². The van der Waals surface area contributed by atoms with Crippen LogP contribution in [0.5, 0.6) is 0 Å². The van der Waals surface area contributed by atoms with Gasteiger partial charge in [-0.05, 0) is 25.2 Å². The van der Waals surface area contributed by atoms with E-state index in [2.05, 4.69) is 23.8 Å². The van der Waals surface area contributed by atoms with Crippen LogP contribution >= 0.6 is 0 Å². The molecule has 0 aliphatic carbocycles. The standard InChI is InChI=1S/C15H19N3O3/c1-8-4-9(2)6-18(5-8)15(20)11-10(3)21-14-12(11)13(19)16-7-17-14/h7-9H,4-6H2,1-3H3,(H,16,17,19)/t8-,9-/m0/s1. The van der Waals surface area contributed by atoms with E-state index in [4.69, 9.17) is 4.42 Å². The van der Waals surface area contributed by atoms with Crippen molar-refractivity contribution >= 4 is 17.0 Å². The van der Waals surface area contributed by atoms with Crippen LogP contribution in [0.1, 0.15) is 36.4 Å². The molecule has 0 unspecified atom stereocenters. The molecule has 6 nitrogen and oxygen atoms in total. The third-order valence-corrected chi connectivity index (χ3v) is 4.04. The van der Waals surface area contributed by atoms with Gasteiger partial charge in [-0.25, -0.2) is 4.98 Å². The number of furan rings is 1. The van der Waals surface area contributed by atoms with Crippen LogP contribution in [0.4, 0.5) is 0 Å². The third kappa shape index (κ3) is 2.34. The second-order valence-corrected chi connectivity index (χ2v) is 6.10. The van der Waals surface area contributed by atoms with E-state index in [1.54, 1.807) is 6.92 Å². The van der Waals surface area contributed by atoms with Gasteiger partial charge in [0.1, 0.15) is 11.1 Å². The molecule has 1 fully saturated rings. The molecule has 2 aromatic rings. The average molecular weight is 289 g/mol. The van der Waals surface area contributed by atoms with E-state index in [1.165, 1.54) is 6.33 Å². The van der Waals surface area contributed by atoms with E-state index in [9.17, 15) is 9.59 Å². The molecule has 6 heteroatoms. The monoisotopic (exact) mass is 289 g/mol. The fraction of sp³-hybridized carbons (Fsp3) is 0.533. The number of aromatic amines is 1. The first kappa shape index (κ1) is 13.9. The lowest BCUT2D eigenvalue weighted by atomic mass is 9.91. The molecule has 2 aromatic heterocycles. The van der Waals surface area contributed by atoms with Crippen molar-refractivity contribution < 1.29 is 9.21 Å². The second kappa shape index (κ2) is 5.02. The number of likely N-dealkylation sites (tertiary alicyclic amines) is 1. The van der Waals surface area contributed by atoms with Crippen LogP contribution < -0.4 is 5.56 Å². The number of carbonyl (C=O) groups excluding carboxylic acids is 1. The van der Waals surface area contributed by atoms with Gasteiger partial charge < -0.3 is 14.3 Å². The molecule has 0 spiro atoms. The van der Waals surface area contributed by atoms with Crippen LogP contribution in [-0.4, -0.2) is 33.9 Å². The molecule has 3 rings (SSSR count). The number of nitrogens with zero attached hydrogens (tertiary/aromatic N) is 2. The van der Waals surface area contributed by atoms with Gasteiger partial charge in [-0.15, -0.1) is 0 Å². The first-order valence-electron chi connectivity index (χ1n) is 7.23. The zero-order valence-electron chi connectivity index (χ0n) is 12.5. The molecule has 1 saturated heterocycles. The quantitative estimate of drug-likeness (QED) is 0.870. The third-order valence-electron chi connectivity index (χ3n) is 4.04. The van der Waals surface area contributed by atoms with Crippen LogP contribution in [0.15, 0.2) is 15.5 Å². The Bertz CT molecular complexity index is 736. The lowest BCUT2D eigenvalue weighted by Gasteiger charge is -2.34. The minimum Gasteiger partial charge on any atom is -0.442 e. The summed E-state index contributed by atoms with van der Waals surface area (Å²) < 4.78 is 5.47. The number of rotatable bonds is 1. The first-order valence-corrected chi connectivity index (χ1v) is 7.23. The van der Waals surface area contributed by atoms with Crippen molar-refractivity contribution in [3.8, 4) is 0 Å². The highest BCUT2D eigenvalue weighted by molar-refractivity contribution is 6.06. The van der Waals surface area contributed by atoms with E-state index < -0.39 is 0 Å². The van der Waals surface area contributed by atoms with Gasteiger partial charge in [-0.2, -0.15) is 0 Å². The van der Waals surface area contributed by atoms with Crippen LogP contribution in [0.25, 0.3) is 11.1 Å². The van der Waals surface area contributed by atoms with Gasteiger partial charge in [0, 0.05) is 13.1 Å². The average Bonchev–Trinajstić information content (AvgIpc) is 2.74. The molecule has 0 aromatic carbocycles. The summed E-state index contributed by atoms with van der Waals surface area (Å²) in [5.41, 5.74) is 0.233. The van der Waals surface area contributed by atoms with Gasteiger partial charge in [-0.3, -0.25) is 9.59 Å². The van der Waals surface area contributed by atoms with Gasteiger partial charge in [-0.1, -0.05) is 13.8 Å². The topological polar surface area (TPSA) is 79.2 Å². The molecule has 1 aliphatic rings. The van der Waals surface area contributed by atoms with E-state index in [-0.39, 0.29) is 22.6 Å². The number of hydrogen-bond donors (Lipinski definition) is 1. The number of fused-ring (bicyclic) bond motifs is 1. The number of piperidine rings is 1. The summed E-state index contributed by atoms with van der Waals surface area (Å²) >= 11 is 0. The van der Waals surface area contributed by atoms with Crippen LogP contribution in [0.2, 0.25) is 0 Å². The number of nitrogens with one attached hydrogen (secondary N) is 1. The molecule has 0 bridgehead atoms. The Balaban J connectivity index is 2.06. The number of H-pyrrole nitrogens is 1. The molecule has 1 aliphatic heterocycles. The normalized spacial score (nSPS) is 22.7. The SMILES string of the molecule is Cc1oc2nc[nH]c(=O)c2c1C(=O)N1C[C@@H](C)C[C@H](C)C1. The molecule has 3 heterocycles. The zero-order valence-corrected chi connectivity index (χ0v) is 12.5. The van der Waals surface area contributed by atoms with Gasteiger partial charge >= 0.3 is 0 Å². The van der Waals surface area contributed by atoms with Crippen molar-refractivity contribution in [1.29, 1.82) is 0 Å². The van der Waals surface area contributed by atoms with Crippen molar-refractivity contribution in [2.45, 2.75) is 27.2 Å². The lowest BCUT2D eigenvalue weighted by Crippen LogP contribution is -2.42. The number of amides is 1. The van der Waals surface area contributed by atoms with Gasteiger partial charge in [0.15, 0.2) is 0 Å². The fourth-order valence-corrected chi connectivity index (χ4v) is 3.30. The molecule has 0 radical (unpaired) electrons. The van der Waals surface area contributed by atoms with Crippen molar-refractivity contribution in [3.05, 3.63) is 28.0 Å². The van der Waals surface area contributed by atoms with E-state index >= 15 is 0 Å². The van der Waals surface area contributed by atoms with E-state index in [1.807, 2.05) is 4.90 Å². The maximum Gasteiger partial charge on any atom is 0.262 e. The van der Waals surface area contributed by atoms with E-state index in [0.29, 0.717) is 36.2 Å². The number of aryl methyl sites for hydroxylation is 1. The molecule has 1 amide bonds. The maximum absolute atomic E-state index is 12.8. The van der Waals surface area contributed by atoms with Gasteiger partial charge in [0.2, 0.25) is 5.71 Å². The first-order chi connectivity index (χ1) is 9.97. The van der Waals surface area contributed by atoms with Crippen LogP contribution in [0, 0.1) is 18.8 Å². The summed E-state index contributed by atoms with van der Waals surface area (Å²) in [6, 6.07) is 0. The molecular weight excluding hydrogens is 270 g/mol. The Morgan fingerprint density at radius 1 is 1.38 bits per heavy atom. The minimum absolute atomic E-state index is 0.136. The maximum atomic E-state index is 12.8. The van der Waals surface area contributed by atoms with E-state index in [0.717, 1.165) is 6.42 Å². The molecular formula is C15H19N3O3. The predicted molar refractivity (Wildman–Crippen MR) is 78.2 cm³/mol. The molecule has 1 N–H and O–H groups in total. The van der Waals surface area contributed by atoms with Crippen molar-refractivity contribution in [3.63, 3.8) is 0 Å².